The molecule has 1 aromatic carbocycles. The molecule has 6 heteroatoms. The van der Waals surface area contributed by atoms with Crippen molar-refractivity contribution in [2.45, 2.75) is 32.4 Å². The molecule has 1 aromatic rings. The predicted molar refractivity (Wildman–Crippen MR) is 61.0 cm³/mol. The third-order valence-corrected chi connectivity index (χ3v) is 2.30. The first-order valence-electron chi connectivity index (χ1n) is 5.52. The Labute approximate surface area is 103 Å². The monoisotopic (exact) mass is 261 g/mol. The highest BCUT2D eigenvalue weighted by molar-refractivity contribution is 5.74. The molecule has 100 valence electrons. The van der Waals surface area contributed by atoms with Gasteiger partial charge < -0.3 is 10.5 Å². The zero-order valence-corrected chi connectivity index (χ0v) is 9.88. The number of benzene rings is 1. The van der Waals surface area contributed by atoms with Crippen LogP contribution in [-0.4, -0.2) is 5.97 Å². The second-order valence-electron chi connectivity index (χ2n) is 3.83. The first kappa shape index (κ1) is 14.3. The summed E-state index contributed by atoms with van der Waals surface area (Å²) in [5.74, 6) is -0.825. The van der Waals surface area contributed by atoms with E-state index in [0.29, 0.717) is 6.42 Å². The predicted octanol–water partition coefficient (Wildman–Crippen LogP) is 3.38. The van der Waals surface area contributed by atoms with Gasteiger partial charge in [0.25, 0.3) is 0 Å². The highest BCUT2D eigenvalue weighted by Gasteiger charge is 2.31. The lowest BCUT2D eigenvalue weighted by atomic mass is 10.2. The van der Waals surface area contributed by atoms with Gasteiger partial charge in [-0.3, -0.25) is 4.79 Å². The molecule has 0 atom stereocenters. The van der Waals surface area contributed by atoms with E-state index in [1.165, 1.54) is 0 Å². The molecule has 18 heavy (non-hydrogen) atoms. The van der Waals surface area contributed by atoms with Crippen molar-refractivity contribution in [3.8, 4) is 5.75 Å². The average molecular weight is 261 g/mol. The van der Waals surface area contributed by atoms with Crippen molar-refractivity contribution in [2.24, 2.45) is 0 Å². The molecule has 0 saturated heterocycles. The highest BCUT2D eigenvalue weighted by atomic mass is 19.4. The van der Waals surface area contributed by atoms with Crippen LogP contribution in [0.5, 0.6) is 5.75 Å². The molecule has 0 bridgehead atoms. The molecule has 2 N–H and O–H groups in total. The maximum atomic E-state index is 12.5. The van der Waals surface area contributed by atoms with E-state index in [4.69, 9.17) is 10.5 Å². The minimum Gasteiger partial charge on any atom is -0.424 e. The fourth-order valence-corrected chi connectivity index (χ4v) is 1.29. The van der Waals surface area contributed by atoms with Crippen molar-refractivity contribution < 1.29 is 22.7 Å². The van der Waals surface area contributed by atoms with Gasteiger partial charge in [-0.1, -0.05) is 13.3 Å². The Morgan fingerprint density at radius 1 is 1.39 bits per heavy atom. The summed E-state index contributed by atoms with van der Waals surface area (Å²) < 4.78 is 42.2. The van der Waals surface area contributed by atoms with E-state index in [0.717, 1.165) is 24.6 Å². The first-order valence-corrected chi connectivity index (χ1v) is 5.52. The summed E-state index contributed by atoms with van der Waals surface area (Å²) in [6.45, 7) is 1.89. The molecule has 0 heterocycles. The minimum atomic E-state index is -4.49. The van der Waals surface area contributed by atoms with E-state index >= 15 is 0 Å². The summed E-state index contributed by atoms with van der Waals surface area (Å²) in [7, 11) is 0. The fraction of sp³-hybridized carbons (Fsp3) is 0.417. The molecule has 0 amide bonds. The quantitative estimate of drug-likeness (QED) is 0.513. The van der Waals surface area contributed by atoms with Crippen LogP contribution >= 0.6 is 0 Å². The maximum Gasteiger partial charge on any atom is 0.416 e. The van der Waals surface area contributed by atoms with Gasteiger partial charge >= 0.3 is 12.1 Å². The Morgan fingerprint density at radius 2 is 2.06 bits per heavy atom. The molecule has 0 aliphatic heterocycles. The number of ether oxygens (including phenoxy) is 1. The zero-order chi connectivity index (χ0) is 13.8. The smallest absolute Gasteiger partial charge is 0.416 e. The van der Waals surface area contributed by atoms with Crippen LogP contribution in [0.25, 0.3) is 0 Å². The van der Waals surface area contributed by atoms with Crippen molar-refractivity contribution >= 4 is 11.7 Å². The third-order valence-electron chi connectivity index (χ3n) is 2.30. The molecule has 0 unspecified atom stereocenters. The van der Waals surface area contributed by atoms with Gasteiger partial charge in [-0.05, 0) is 24.6 Å². The maximum absolute atomic E-state index is 12.5. The third kappa shape index (κ3) is 3.94. The molecule has 1 rings (SSSR count). The van der Waals surface area contributed by atoms with Crippen LogP contribution in [0.4, 0.5) is 18.9 Å². The van der Waals surface area contributed by atoms with Crippen LogP contribution < -0.4 is 10.5 Å². The molecule has 0 aromatic heterocycles. The summed E-state index contributed by atoms with van der Waals surface area (Å²) in [4.78, 5) is 11.3. The van der Waals surface area contributed by atoms with Crippen LogP contribution in [0.1, 0.15) is 31.7 Å². The van der Waals surface area contributed by atoms with E-state index in [-0.39, 0.29) is 17.9 Å². The van der Waals surface area contributed by atoms with Crippen molar-refractivity contribution in [2.75, 3.05) is 5.73 Å². The number of halogens is 3. The zero-order valence-electron chi connectivity index (χ0n) is 9.88. The van der Waals surface area contributed by atoms with Gasteiger partial charge in [-0.25, -0.2) is 0 Å². The number of hydrogen-bond acceptors (Lipinski definition) is 3. The summed E-state index contributed by atoms with van der Waals surface area (Å²) in [6.07, 6.45) is -2.91. The van der Waals surface area contributed by atoms with Gasteiger partial charge in [-0.15, -0.1) is 0 Å². The Bertz CT molecular complexity index is 430. The Morgan fingerprint density at radius 3 is 2.61 bits per heavy atom. The molecule has 0 saturated carbocycles. The average Bonchev–Trinajstić information content (AvgIpc) is 2.28. The van der Waals surface area contributed by atoms with Crippen molar-refractivity contribution in [1.29, 1.82) is 0 Å². The number of alkyl halides is 3. The number of nitrogens with two attached hydrogens (primary N) is 1. The number of esters is 1. The molecule has 0 spiro atoms. The van der Waals surface area contributed by atoms with E-state index in [2.05, 4.69) is 0 Å². The van der Waals surface area contributed by atoms with Crippen molar-refractivity contribution in [3.05, 3.63) is 23.8 Å². The van der Waals surface area contributed by atoms with Crippen LogP contribution in [0, 0.1) is 0 Å². The molecule has 0 aliphatic carbocycles. The second-order valence-corrected chi connectivity index (χ2v) is 3.83. The standard InChI is InChI=1S/C12H14F3NO2/c1-2-3-4-11(17)18-10-7-8(12(13,14)15)5-6-9(10)16/h5-7H,2-4,16H2,1H3. The lowest BCUT2D eigenvalue weighted by Gasteiger charge is -2.11. The van der Waals surface area contributed by atoms with Crippen LogP contribution in [0.2, 0.25) is 0 Å². The van der Waals surface area contributed by atoms with Gasteiger partial charge in [0.2, 0.25) is 0 Å². The van der Waals surface area contributed by atoms with Gasteiger partial charge in [0, 0.05) is 6.42 Å². The van der Waals surface area contributed by atoms with Gasteiger partial charge in [0.15, 0.2) is 5.75 Å². The summed E-state index contributed by atoms with van der Waals surface area (Å²) in [6, 6.07) is 2.66. The fourth-order valence-electron chi connectivity index (χ4n) is 1.29. The molecule has 0 aliphatic rings. The normalized spacial score (nSPS) is 11.3. The van der Waals surface area contributed by atoms with Crippen LogP contribution in [-0.2, 0) is 11.0 Å². The summed E-state index contributed by atoms with van der Waals surface area (Å²) in [5, 5.41) is 0. The molecule has 0 radical (unpaired) electrons. The first-order chi connectivity index (χ1) is 8.34. The number of carbonyl (C=O) groups is 1. The number of nitrogen functional groups attached to an aromatic ring is 1. The lowest BCUT2D eigenvalue weighted by Crippen LogP contribution is -2.11. The number of carbonyl (C=O) groups excluding carboxylic acids is 1. The Hall–Kier alpha value is -1.72. The van der Waals surface area contributed by atoms with Crippen LogP contribution in [0.3, 0.4) is 0 Å². The van der Waals surface area contributed by atoms with E-state index in [9.17, 15) is 18.0 Å². The molecule has 0 fully saturated rings. The lowest BCUT2D eigenvalue weighted by molar-refractivity contribution is -0.139. The van der Waals surface area contributed by atoms with Gasteiger partial charge in [0.05, 0.1) is 11.3 Å². The number of hydrogen-bond donors (Lipinski definition) is 1. The highest BCUT2D eigenvalue weighted by Crippen LogP contribution is 2.34. The van der Waals surface area contributed by atoms with E-state index in [1.807, 2.05) is 6.92 Å². The minimum absolute atomic E-state index is 0.00727. The van der Waals surface area contributed by atoms with E-state index < -0.39 is 17.7 Å². The van der Waals surface area contributed by atoms with Gasteiger partial charge in [-0.2, -0.15) is 13.2 Å². The number of unbranched alkanes of at least 4 members (excludes halogenated alkanes) is 1. The van der Waals surface area contributed by atoms with Gasteiger partial charge in [0.1, 0.15) is 0 Å². The topological polar surface area (TPSA) is 52.3 Å². The van der Waals surface area contributed by atoms with Crippen LogP contribution in [0.15, 0.2) is 18.2 Å². The number of rotatable bonds is 4. The summed E-state index contributed by atoms with van der Waals surface area (Å²) in [5.41, 5.74) is 4.58. The number of anilines is 1. The largest absolute Gasteiger partial charge is 0.424 e. The summed E-state index contributed by atoms with van der Waals surface area (Å²) >= 11 is 0. The molecular formula is C12H14F3NO2. The SMILES string of the molecule is CCCCC(=O)Oc1cc(C(F)(F)F)ccc1N. The Balaban J connectivity index is 2.85. The second kappa shape index (κ2) is 5.75. The molecular weight excluding hydrogens is 247 g/mol. The Kier molecular flexibility index (Phi) is 4.58. The molecule has 3 nitrogen and oxygen atoms in total. The van der Waals surface area contributed by atoms with Crippen molar-refractivity contribution in [3.63, 3.8) is 0 Å². The van der Waals surface area contributed by atoms with Crippen molar-refractivity contribution in [1.82, 2.24) is 0 Å². The van der Waals surface area contributed by atoms with E-state index in [1.54, 1.807) is 0 Å².